The van der Waals surface area contributed by atoms with E-state index >= 15 is 0 Å². The highest BCUT2D eigenvalue weighted by Gasteiger charge is 2.31. The molecule has 0 unspecified atom stereocenters. The summed E-state index contributed by atoms with van der Waals surface area (Å²) in [6.07, 6.45) is 5.46. The van der Waals surface area contributed by atoms with E-state index in [1.807, 2.05) is 0 Å². The van der Waals surface area contributed by atoms with E-state index in [-0.39, 0.29) is 34.7 Å². The van der Waals surface area contributed by atoms with Crippen molar-refractivity contribution < 1.29 is 23.1 Å². The van der Waals surface area contributed by atoms with Gasteiger partial charge in [0.05, 0.1) is 21.7 Å². The molecule has 1 N–H and O–H groups in total. The summed E-state index contributed by atoms with van der Waals surface area (Å²) < 4.78 is 32.5. The third kappa shape index (κ3) is 3.95. The summed E-state index contributed by atoms with van der Waals surface area (Å²) in [5.41, 5.74) is -0.137. The van der Waals surface area contributed by atoms with E-state index in [9.17, 15) is 13.2 Å². The largest absolute Gasteiger partial charge is 0.478 e. The molecule has 1 saturated heterocycles. The lowest BCUT2D eigenvalue weighted by molar-refractivity contribution is 0.0697. The van der Waals surface area contributed by atoms with Gasteiger partial charge in [-0.05, 0) is 31.0 Å². The lowest BCUT2D eigenvalue weighted by atomic mass is 10.1. The number of piperidine rings is 1. The number of sulfonamides is 1. The van der Waals surface area contributed by atoms with Gasteiger partial charge < -0.3 is 9.84 Å². The molecule has 1 aromatic carbocycles. The number of benzene rings is 1. The van der Waals surface area contributed by atoms with Crippen molar-refractivity contribution in [2.75, 3.05) is 13.1 Å². The highest BCUT2D eigenvalue weighted by molar-refractivity contribution is 7.89. The molecule has 0 amide bonds. The molecule has 0 saturated carbocycles. The maximum Gasteiger partial charge on any atom is 0.337 e. The second kappa shape index (κ2) is 7.56. The van der Waals surface area contributed by atoms with Gasteiger partial charge in [-0.25, -0.2) is 18.2 Å². The fourth-order valence-corrected chi connectivity index (χ4v) is 4.51. The van der Waals surface area contributed by atoms with E-state index in [2.05, 4.69) is 9.97 Å². The topological polar surface area (TPSA) is 110 Å². The molecule has 0 spiro atoms. The summed E-state index contributed by atoms with van der Waals surface area (Å²) in [7, 11) is -3.75. The van der Waals surface area contributed by atoms with Crippen molar-refractivity contribution in [3.8, 4) is 5.88 Å². The Balaban J connectivity index is 1.68. The van der Waals surface area contributed by atoms with Crippen LogP contribution in [0.5, 0.6) is 5.88 Å². The Hall–Kier alpha value is -2.23. The molecule has 0 aliphatic carbocycles. The third-order valence-corrected chi connectivity index (χ3v) is 6.24. The first-order chi connectivity index (χ1) is 12.4. The number of carboxylic acids is 1. The van der Waals surface area contributed by atoms with E-state index in [0.717, 1.165) is 0 Å². The number of carbonyl (C=O) groups is 1. The maximum atomic E-state index is 12.7. The molecule has 1 aromatic heterocycles. The molecular formula is C16H16ClN3O5S. The van der Waals surface area contributed by atoms with E-state index in [0.29, 0.717) is 18.7 Å². The Labute approximate surface area is 155 Å². The van der Waals surface area contributed by atoms with Crippen molar-refractivity contribution in [2.45, 2.75) is 23.8 Å². The van der Waals surface area contributed by atoms with Gasteiger partial charge in [-0.15, -0.1) is 0 Å². The minimum absolute atomic E-state index is 0.0270. The van der Waals surface area contributed by atoms with Gasteiger partial charge in [-0.1, -0.05) is 11.6 Å². The van der Waals surface area contributed by atoms with Crippen LogP contribution in [0.1, 0.15) is 23.2 Å². The van der Waals surface area contributed by atoms with Crippen LogP contribution in [-0.4, -0.2) is 53.0 Å². The van der Waals surface area contributed by atoms with Crippen molar-refractivity contribution in [1.29, 1.82) is 0 Å². The van der Waals surface area contributed by atoms with Gasteiger partial charge in [0.2, 0.25) is 15.9 Å². The molecular weight excluding hydrogens is 382 g/mol. The summed E-state index contributed by atoms with van der Waals surface area (Å²) in [6.45, 7) is 0.567. The zero-order chi connectivity index (χ0) is 18.7. The third-order valence-electron chi connectivity index (χ3n) is 4.04. The smallest absolute Gasteiger partial charge is 0.337 e. The summed E-state index contributed by atoms with van der Waals surface area (Å²) in [5, 5.41) is 8.88. The van der Waals surface area contributed by atoms with E-state index in [1.165, 1.54) is 34.9 Å². The first-order valence-corrected chi connectivity index (χ1v) is 9.65. The average molecular weight is 398 g/mol. The van der Waals surface area contributed by atoms with Crippen LogP contribution in [0.4, 0.5) is 0 Å². The van der Waals surface area contributed by atoms with Gasteiger partial charge >= 0.3 is 5.97 Å². The van der Waals surface area contributed by atoms with Gasteiger partial charge in [-0.3, -0.25) is 4.98 Å². The first-order valence-electron chi connectivity index (χ1n) is 7.83. The van der Waals surface area contributed by atoms with Gasteiger partial charge in [0.25, 0.3) is 0 Å². The van der Waals surface area contributed by atoms with Crippen molar-refractivity contribution in [1.82, 2.24) is 14.3 Å². The van der Waals surface area contributed by atoms with E-state index in [1.54, 1.807) is 6.20 Å². The van der Waals surface area contributed by atoms with Crippen LogP contribution in [0, 0.1) is 0 Å². The van der Waals surface area contributed by atoms with Crippen LogP contribution in [-0.2, 0) is 10.0 Å². The lowest BCUT2D eigenvalue weighted by Crippen LogP contribution is -2.41. The molecule has 1 fully saturated rings. The van der Waals surface area contributed by atoms with Crippen molar-refractivity contribution in [3.63, 3.8) is 0 Å². The van der Waals surface area contributed by atoms with E-state index < -0.39 is 16.0 Å². The number of hydrogen-bond donors (Lipinski definition) is 1. The maximum absolute atomic E-state index is 12.7. The molecule has 10 heteroatoms. The zero-order valence-corrected chi connectivity index (χ0v) is 15.2. The van der Waals surface area contributed by atoms with Crippen molar-refractivity contribution >= 4 is 27.6 Å². The highest BCUT2D eigenvalue weighted by Crippen LogP contribution is 2.26. The Morgan fingerprint density at radius 2 is 2.00 bits per heavy atom. The number of aromatic carboxylic acids is 1. The zero-order valence-electron chi connectivity index (χ0n) is 13.6. The normalized spacial score (nSPS) is 16.3. The molecule has 26 heavy (non-hydrogen) atoms. The molecule has 138 valence electrons. The van der Waals surface area contributed by atoms with Gasteiger partial charge in [0.1, 0.15) is 6.10 Å². The number of rotatable bonds is 5. The molecule has 2 heterocycles. The Morgan fingerprint density at radius 1 is 1.27 bits per heavy atom. The molecule has 1 aliphatic heterocycles. The average Bonchev–Trinajstić information content (AvgIpc) is 2.62. The Kier molecular flexibility index (Phi) is 5.40. The Bertz CT molecular complexity index is 899. The quantitative estimate of drug-likeness (QED) is 0.822. The number of aromatic nitrogens is 2. The van der Waals surface area contributed by atoms with Crippen LogP contribution in [0.3, 0.4) is 0 Å². The predicted molar refractivity (Wildman–Crippen MR) is 92.9 cm³/mol. The standard InChI is InChI=1S/C16H16ClN3O5S/c17-14-9-12(1-2-13(14)16(21)22)26(23,24)20-7-3-11(4-8-20)25-15-10-18-5-6-19-15/h1-2,5-6,9-11H,3-4,7-8H2,(H,21,22). The number of halogens is 1. The van der Waals surface area contributed by atoms with Crippen LogP contribution in [0.25, 0.3) is 0 Å². The fraction of sp³-hybridized carbons (Fsp3) is 0.312. The molecule has 1 aliphatic rings. The summed E-state index contributed by atoms with van der Waals surface area (Å²) >= 11 is 5.89. The second-order valence-electron chi connectivity index (χ2n) is 5.71. The van der Waals surface area contributed by atoms with Gasteiger partial charge in [0, 0.05) is 25.5 Å². The molecule has 0 radical (unpaired) electrons. The molecule has 0 bridgehead atoms. The number of hydrogen-bond acceptors (Lipinski definition) is 6. The van der Waals surface area contributed by atoms with Gasteiger partial charge in [-0.2, -0.15) is 4.31 Å². The summed E-state index contributed by atoms with van der Waals surface area (Å²) in [4.78, 5) is 18.9. The van der Waals surface area contributed by atoms with Crippen LogP contribution >= 0.6 is 11.6 Å². The van der Waals surface area contributed by atoms with Crippen LogP contribution < -0.4 is 4.74 Å². The first kappa shape index (κ1) is 18.6. The minimum Gasteiger partial charge on any atom is -0.478 e. The summed E-state index contributed by atoms with van der Waals surface area (Å²) in [6, 6.07) is 3.62. The number of carboxylic acid groups (broad SMARTS) is 1. The number of ether oxygens (including phenoxy) is 1. The Morgan fingerprint density at radius 3 is 2.58 bits per heavy atom. The molecule has 2 aromatic rings. The molecule has 3 rings (SSSR count). The predicted octanol–water partition coefficient (Wildman–Crippen LogP) is 2.06. The fourth-order valence-electron chi connectivity index (χ4n) is 2.69. The lowest BCUT2D eigenvalue weighted by Gasteiger charge is -2.31. The SMILES string of the molecule is O=C(O)c1ccc(S(=O)(=O)N2CCC(Oc3cnccn3)CC2)cc1Cl. The highest BCUT2D eigenvalue weighted by atomic mass is 35.5. The van der Waals surface area contributed by atoms with Gasteiger partial charge in [0.15, 0.2) is 0 Å². The van der Waals surface area contributed by atoms with Crippen molar-refractivity contribution in [2.24, 2.45) is 0 Å². The monoisotopic (exact) mass is 397 g/mol. The number of nitrogens with zero attached hydrogens (tertiary/aromatic N) is 3. The molecule has 0 atom stereocenters. The summed E-state index contributed by atoms with van der Waals surface area (Å²) in [5.74, 6) is -0.800. The molecule has 8 nitrogen and oxygen atoms in total. The van der Waals surface area contributed by atoms with Crippen LogP contribution in [0.15, 0.2) is 41.7 Å². The minimum atomic E-state index is -3.75. The van der Waals surface area contributed by atoms with Crippen molar-refractivity contribution in [3.05, 3.63) is 47.4 Å². The second-order valence-corrected chi connectivity index (χ2v) is 8.06. The van der Waals surface area contributed by atoms with E-state index in [4.69, 9.17) is 21.4 Å². The van der Waals surface area contributed by atoms with Crippen LogP contribution in [0.2, 0.25) is 5.02 Å².